The number of fused-ring (bicyclic) bond motifs is 2. The number of carboxylic acid groups (broad SMARTS) is 1. The molecule has 2 aliphatic heterocycles. The molecule has 2 aromatic carbocycles. The summed E-state index contributed by atoms with van der Waals surface area (Å²) in [4.78, 5) is 58.4. The van der Waals surface area contributed by atoms with Gasteiger partial charge in [-0.25, -0.2) is 24.1 Å². The van der Waals surface area contributed by atoms with Crippen LogP contribution in [0.4, 0.5) is 11.6 Å². The van der Waals surface area contributed by atoms with E-state index in [-0.39, 0.29) is 48.8 Å². The van der Waals surface area contributed by atoms with Crippen molar-refractivity contribution in [2.75, 3.05) is 37.1 Å². The molecule has 0 fully saturated rings. The molecule has 4 N–H and O–H groups in total. The van der Waals surface area contributed by atoms with Gasteiger partial charge < -0.3 is 25.6 Å². The number of hydrogen-bond acceptors (Lipinski definition) is 13. The number of carboxylic acids is 1. The van der Waals surface area contributed by atoms with E-state index in [2.05, 4.69) is 35.9 Å². The van der Waals surface area contributed by atoms with Crippen molar-refractivity contribution in [3.8, 4) is 11.5 Å². The van der Waals surface area contributed by atoms with E-state index >= 15 is 0 Å². The molecular weight excluding hydrogens is 772 g/mol. The summed E-state index contributed by atoms with van der Waals surface area (Å²) in [6, 6.07) is 24.9. The summed E-state index contributed by atoms with van der Waals surface area (Å²) in [6.45, 7) is 1.23. The van der Waals surface area contributed by atoms with Gasteiger partial charge in [-0.15, -0.1) is 22.6 Å². The highest BCUT2D eigenvalue weighted by Crippen LogP contribution is 2.28. The van der Waals surface area contributed by atoms with Crippen LogP contribution in [0.15, 0.2) is 110 Å². The monoisotopic (exact) mass is 810 g/mol. The third-order valence-electron chi connectivity index (χ3n) is 8.45. The van der Waals surface area contributed by atoms with E-state index in [4.69, 9.17) is 20.3 Å². The molecule has 8 rings (SSSR count). The maximum Gasteiger partial charge on any atom is 0.358 e. The molecular formula is C38H39ClN12O7. The van der Waals surface area contributed by atoms with Crippen LogP contribution in [0.1, 0.15) is 32.1 Å². The first-order chi connectivity index (χ1) is 27.6. The van der Waals surface area contributed by atoms with Crippen molar-refractivity contribution < 1.29 is 33.8 Å². The third kappa shape index (κ3) is 10.5. The lowest BCUT2D eigenvalue weighted by Crippen LogP contribution is -2.49. The zero-order valence-corrected chi connectivity index (χ0v) is 32.0. The Kier molecular flexibility index (Phi) is 14.1. The van der Waals surface area contributed by atoms with Crippen molar-refractivity contribution in [1.82, 2.24) is 45.3 Å². The average Bonchev–Trinajstić information content (AvgIpc) is 3.87. The van der Waals surface area contributed by atoms with Gasteiger partial charge in [-0.3, -0.25) is 24.2 Å². The number of amides is 3. The van der Waals surface area contributed by atoms with Crippen LogP contribution >= 0.6 is 12.4 Å². The van der Waals surface area contributed by atoms with Crippen LogP contribution in [0.2, 0.25) is 0 Å². The maximum absolute atomic E-state index is 12.7. The van der Waals surface area contributed by atoms with Gasteiger partial charge in [0.15, 0.2) is 34.5 Å². The topological polar surface area (TPSA) is 239 Å². The molecule has 6 aromatic rings. The van der Waals surface area contributed by atoms with Gasteiger partial charge in [0, 0.05) is 26.5 Å². The van der Waals surface area contributed by atoms with Gasteiger partial charge >= 0.3 is 5.97 Å². The van der Waals surface area contributed by atoms with E-state index in [1.807, 2.05) is 60.7 Å². The normalized spacial score (nSPS) is 15.5. The molecule has 2 aliphatic rings. The fourth-order valence-electron chi connectivity index (χ4n) is 5.51. The third-order valence-corrected chi connectivity index (χ3v) is 8.45. The minimum Gasteiger partial charge on any atom is -0.488 e. The highest BCUT2D eigenvalue weighted by Gasteiger charge is 2.32. The van der Waals surface area contributed by atoms with Gasteiger partial charge in [-0.2, -0.15) is 0 Å². The number of nitrogens with zero attached hydrogens (tertiary/aromatic N) is 10. The summed E-state index contributed by atoms with van der Waals surface area (Å²) < 4.78 is 14.1. The number of likely N-dealkylation sites (N-methyl/N-ethyl adjacent to an activating group) is 2. The largest absolute Gasteiger partial charge is 0.488 e. The van der Waals surface area contributed by atoms with E-state index in [1.54, 1.807) is 61.6 Å². The Bertz CT molecular complexity index is 2330. The Balaban J connectivity index is 0.000000180. The van der Waals surface area contributed by atoms with Crippen LogP contribution < -0.4 is 30.3 Å². The predicted molar refractivity (Wildman–Crippen MR) is 211 cm³/mol. The second-order valence-electron chi connectivity index (χ2n) is 12.6. The Hall–Kier alpha value is -7.25. The van der Waals surface area contributed by atoms with E-state index in [1.165, 1.54) is 20.7 Å². The molecule has 20 heteroatoms. The molecule has 58 heavy (non-hydrogen) atoms. The van der Waals surface area contributed by atoms with Gasteiger partial charge in [0.2, 0.25) is 5.91 Å². The summed E-state index contributed by atoms with van der Waals surface area (Å²) in [6.07, 6.45) is 6.15. The lowest BCUT2D eigenvalue weighted by molar-refractivity contribution is -0.121. The number of nitrogens with one attached hydrogen (secondary N) is 1. The van der Waals surface area contributed by atoms with E-state index in [0.29, 0.717) is 36.2 Å². The van der Waals surface area contributed by atoms with Gasteiger partial charge in [-0.1, -0.05) is 71.1 Å². The minimum atomic E-state index is -1.06. The molecule has 0 spiro atoms. The maximum atomic E-state index is 12.7. The lowest BCUT2D eigenvalue weighted by atomic mass is 10.2. The van der Waals surface area contributed by atoms with Crippen molar-refractivity contribution in [2.45, 2.75) is 25.2 Å². The predicted octanol–water partition coefficient (Wildman–Crippen LogP) is 2.09. The molecule has 4 aromatic heterocycles. The second-order valence-corrected chi connectivity index (χ2v) is 12.6. The van der Waals surface area contributed by atoms with Crippen molar-refractivity contribution >= 4 is 47.7 Å². The molecule has 0 bridgehead atoms. The quantitative estimate of drug-likeness (QED) is 0.209. The lowest BCUT2D eigenvalue weighted by Gasteiger charge is -2.19. The average molecular weight is 811 g/mol. The Morgan fingerprint density at radius 2 is 1.21 bits per heavy atom. The van der Waals surface area contributed by atoms with Crippen LogP contribution in [-0.4, -0.2) is 108 Å². The van der Waals surface area contributed by atoms with E-state index in [9.17, 15) is 19.2 Å². The summed E-state index contributed by atoms with van der Waals surface area (Å²) in [5, 5.41) is 26.4. The molecule has 0 saturated carbocycles. The molecule has 2 atom stereocenters. The summed E-state index contributed by atoms with van der Waals surface area (Å²) in [5.74, 6) is -0.0310. The van der Waals surface area contributed by atoms with Crippen LogP contribution in [-0.2, 0) is 22.7 Å². The Morgan fingerprint density at radius 3 is 1.72 bits per heavy atom. The van der Waals surface area contributed by atoms with Gasteiger partial charge in [0.05, 0.1) is 25.5 Å². The molecule has 0 unspecified atom stereocenters. The number of rotatable bonds is 7. The van der Waals surface area contributed by atoms with Crippen molar-refractivity contribution in [1.29, 1.82) is 0 Å². The first-order valence-electron chi connectivity index (χ1n) is 17.5. The van der Waals surface area contributed by atoms with Crippen molar-refractivity contribution in [3.63, 3.8) is 0 Å². The number of anilines is 2. The van der Waals surface area contributed by atoms with Gasteiger partial charge in [0.1, 0.15) is 25.3 Å². The Labute approximate surface area is 337 Å². The minimum absolute atomic E-state index is 0. The zero-order valence-electron chi connectivity index (χ0n) is 31.2. The molecule has 0 radical (unpaired) electrons. The second kappa shape index (κ2) is 19.6. The number of pyridine rings is 2. The number of carbonyl (C=O) groups excluding carboxylic acids is 3. The Morgan fingerprint density at radius 1 is 0.724 bits per heavy atom. The molecule has 0 saturated heterocycles. The smallest absolute Gasteiger partial charge is 0.358 e. The first kappa shape index (κ1) is 41.9. The number of hydrogen-bond donors (Lipinski definition) is 3. The summed E-state index contributed by atoms with van der Waals surface area (Å²) >= 11 is 0. The SMILES string of the molecule is CN1C(=O)[C@@H](N)COc2cccnc21.CN1C(=O)[C@@H](NC(=O)c2cn(Cc3ccccc3)nn2)COc2cccnc21.Cl.O=C(O)c1cn(Cc2ccccc2)nn1. The number of halogens is 1. The molecule has 300 valence electrons. The highest BCUT2D eigenvalue weighted by atomic mass is 35.5. The number of aromatic carboxylic acids is 1. The number of ether oxygens (including phenoxy) is 2. The van der Waals surface area contributed by atoms with Crippen LogP contribution in [0.5, 0.6) is 11.5 Å². The summed E-state index contributed by atoms with van der Waals surface area (Å²) in [7, 11) is 3.24. The fraction of sp³-hybridized carbons (Fsp3) is 0.211. The summed E-state index contributed by atoms with van der Waals surface area (Å²) in [5.41, 5.74) is 7.79. The number of nitrogens with two attached hydrogens (primary N) is 1. The first-order valence-corrected chi connectivity index (χ1v) is 17.5. The number of aromatic nitrogens is 8. The molecule has 3 amide bonds. The van der Waals surface area contributed by atoms with Gasteiger partial charge in [0.25, 0.3) is 11.8 Å². The van der Waals surface area contributed by atoms with Crippen LogP contribution in [0.3, 0.4) is 0 Å². The molecule has 19 nitrogen and oxygen atoms in total. The molecule has 6 heterocycles. The van der Waals surface area contributed by atoms with Crippen LogP contribution in [0, 0.1) is 0 Å². The molecule has 0 aliphatic carbocycles. The van der Waals surface area contributed by atoms with Crippen molar-refractivity contribution in [3.05, 3.63) is 132 Å². The van der Waals surface area contributed by atoms with Gasteiger partial charge in [-0.05, 0) is 35.4 Å². The fourth-order valence-corrected chi connectivity index (χ4v) is 5.51. The standard InChI is InChI=1S/C19H18N6O3.C10H9N3O2.C9H11N3O2.ClH/c1-24-17-16(8-5-9-20-17)28-12-15(19(24)27)21-18(26)14-11-25(23-22-14)10-13-6-3-2-4-7-13;14-10(15)9-7-13(12-11-9)6-8-4-2-1-3-5-8;1-12-8-7(3-2-4-11-8)14-5-6(10)9(12)13;/h2-9,11,15H,10,12H2,1H3,(H,21,26);1-5,7H,6H2,(H,14,15);2-4,6H,5,10H2,1H3;1H/t15-;;6-;/m0.0./s1. The van der Waals surface area contributed by atoms with Crippen molar-refractivity contribution in [2.24, 2.45) is 5.73 Å². The zero-order chi connectivity index (χ0) is 40.3. The number of carbonyl (C=O) groups is 4. The number of benzene rings is 2. The van der Waals surface area contributed by atoms with E-state index < -0.39 is 24.0 Å². The van der Waals surface area contributed by atoms with Crippen LogP contribution in [0.25, 0.3) is 0 Å². The highest BCUT2D eigenvalue weighted by molar-refractivity contribution is 6.02. The van der Waals surface area contributed by atoms with E-state index in [0.717, 1.165) is 11.1 Å².